The summed E-state index contributed by atoms with van der Waals surface area (Å²) in [4.78, 5) is 38.0. The van der Waals surface area contributed by atoms with Gasteiger partial charge in [-0.3, -0.25) is 14.4 Å². The topological polar surface area (TPSA) is 125 Å². The summed E-state index contributed by atoms with van der Waals surface area (Å²) in [6.45, 7) is 5.88. The van der Waals surface area contributed by atoms with Crippen LogP contribution in [-0.4, -0.2) is 41.7 Å². The number of carboxylic acid groups (broad SMARTS) is 1. The Labute approximate surface area is 164 Å². The molecule has 0 saturated carbocycles. The Kier molecular flexibility index (Phi) is 7.31. The van der Waals surface area contributed by atoms with Crippen LogP contribution < -0.4 is 16.1 Å². The van der Waals surface area contributed by atoms with E-state index in [4.69, 9.17) is 5.84 Å². The number of rotatable bonds is 9. The maximum absolute atomic E-state index is 12.7. The number of carbonyl (C=O) groups is 3. The molecule has 1 saturated heterocycles. The van der Waals surface area contributed by atoms with E-state index < -0.39 is 23.8 Å². The molecule has 1 fully saturated rings. The number of hydrogen-bond acceptors (Lipinski definition) is 5. The lowest BCUT2D eigenvalue weighted by Gasteiger charge is -2.22. The largest absolute Gasteiger partial charge is 0.481 e. The second kappa shape index (κ2) is 9.68. The van der Waals surface area contributed by atoms with Crippen molar-refractivity contribution in [2.45, 2.75) is 32.2 Å². The summed E-state index contributed by atoms with van der Waals surface area (Å²) in [6.07, 6.45) is 3.89. The minimum atomic E-state index is -0.987. The number of amides is 2. The van der Waals surface area contributed by atoms with E-state index in [-0.39, 0.29) is 18.2 Å². The first-order chi connectivity index (χ1) is 13.4. The molecule has 1 aliphatic rings. The van der Waals surface area contributed by atoms with Gasteiger partial charge in [0.1, 0.15) is 0 Å². The fourth-order valence-electron chi connectivity index (χ4n) is 3.39. The summed E-state index contributed by atoms with van der Waals surface area (Å²) in [5.41, 5.74) is 1.58. The van der Waals surface area contributed by atoms with Crippen molar-refractivity contribution in [2.24, 2.45) is 22.8 Å². The maximum atomic E-state index is 12.7. The smallest absolute Gasteiger partial charge is 0.308 e. The van der Waals surface area contributed by atoms with E-state index in [1.807, 2.05) is 24.3 Å². The number of carbonyl (C=O) groups excluding carboxylic acids is 2. The number of hydrazone groups is 1. The molecule has 0 spiro atoms. The van der Waals surface area contributed by atoms with Crippen LogP contribution in [0, 0.1) is 11.8 Å². The molecule has 1 aromatic carbocycles. The average molecular weight is 386 g/mol. The van der Waals surface area contributed by atoms with Crippen molar-refractivity contribution in [3.05, 3.63) is 42.5 Å². The SMILES string of the molecule is C=C[C@H](NC(=O)CC1CCN(c2ccc(C=NN)cc2)C1=O)C(CC)C(=O)O. The minimum absolute atomic E-state index is 0.0215. The molecule has 3 atom stereocenters. The molecule has 1 aromatic rings. The summed E-state index contributed by atoms with van der Waals surface area (Å²) < 4.78 is 0. The Morgan fingerprint density at radius 3 is 2.64 bits per heavy atom. The Morgan fingerprint density at radius 1 is 1.43 bits per heavy atom. The van der Waals surface area contributed by atoms with Crippen LogP contribution in [0.5, 0.6) is 0 Å². The monoisotopic (exact) mass is 386 g/mol. The van der Waals surface area contributed by atoms with Crippen LogP contribution in [0.15, 0.2) is 42.0 Å². The number of aliphatic carboxylic acids is 1. The van der Waals surface area contributed by atoms with Gasteiger partial charge in [-0.05, 0) is 30.5 Å². The highest BCUT2D eigenvalue weighted by molar-refractivity contribution is 5.99. The second-order valence-electron chi connectivity index (χ2n) is 6.73. The second-order valence-corrected chi connectivity index (χ2v) is 6.73. The number of carboxylic acids is 1. The predicted molar refractivity (Wildman–Crippen MR) is 107 cm³/mol. The van der Waals surface area contributed by atoms with Crippen LogP contribution in [0.2, 0.25) is 0 Å². The van der Waals surface area contributed by atoms with Gasteiger partial charge in [0.05, 0.1) is 18.2 Å². The van der Waals surface area contributed by atoms with Crippen LogP contribution in [0.4, 0.5) is 5.69 Å². The fourth-order valence-corrected chi connectivity index (χ4v) is 3.39. The Balaban J connectivity index is 1.98. The van der Waals surface area contributed by atoms with Crippen LogP contribution in [0.1, 0.15) is 31.7 Å². The first kappa shape index (κ1) is 21.1. The third kappa shape index (κ3) is 4.97. The number of hydrogen-bond donors (Lipinski definition) is 3. The third-order valence-electron chi connectivity index (χ3n) is 4.95. The molecule has 2 unspecified atom stereocenters. The molecule has 0 aliphatic carbocycles. The van der Waals surface area contributed by atoms with Crippen molar-refractivity contribution in [1.29, 1.82) is 0 Å². The molecule has 1 aliphatic heterocycles. The van der Waals surface area contributed by atoms with Gasteiger partial charge in [0.2, 0.25) is 11.8 Å². The van der Waals surface area contributed by atoms with E-state index in [9.17, 15) is 19.5 Å². The van der Waals surface area contributed by atoms with E-state index >= 15 is 0 Å². The summed E-state index contributed by atoms with van der Waals surface area (Å²) in [5.74, 6) is 2.50. The van der Waals surface area contributed by atoms with Crippen LogP contribution >= 0.6 is 0 Å². The lowest BCUT2D eigenvalue weighted by atomic mass is 9.96. The summed E-state index contributed by atoms with van der Waals surface area (Å²) in [7, 11) is 0. The highest BCUT2D eigenvalue weighted by atomic mass is 16.4. The number of benzene rings is 1. The van der Waals surface area contributed by atoms with Gasteiger partial charge < -0.3 is 21.2 Å². The van der Waals surface area contributed by atoms with E-state index in [2.05, 4.69) is 17.0 Å². The molecule has 150 valence electrons. The quantitative estimate of drug-likeness (QED) is 0.257. The van der Waals surface area contributed by atoms with Crippen LogP contribution in [0.3, 0.4) is 0 Å². The minimum Gasteiger partial charge on any atom is -0.481 e. The van der Waals surface area contributed by atoms with Gasteiger partial charge in [0, 0.05) is 24.6 Å². The predicted octanol–water partition coefficient (Wildman–Crippen LogP) is 1.50. The Morgan fingerprint density at radius 2 is 2.11 bits per heavy atom. The molecule has 2 amide bonds. The molecule has 0 aromatic heterocycles. The van der Waals surface area contributed by atoms with Crippen LogP contribution in [0.25, 0.3) is 0 Å². The third-order valence-corrected chi connectivity index (χ3v) is 4.95. The van der Waals surface area contributed by atoms with Gasteiger partial charge in [-0.15, -0.1) is 6.58 Å². The Bertz CT molecular complexity index is 760. The van der Waals surface area contributed by atoms with Crippen molar-refractivity contribution in [2.75, 3.05) is 11.4 Å². The summed E-state index contributed by atoms with van der Waals surface area (Å²) in [5, 5.41) is 15.4. The zero-order valence-corrected chi connectivity index (χ0v) is 15.9. The average Bonchev–Trinajstić information content (AvgIpc) is 3.02. The number of anilines is 1. The molecule has 0 bridgehead atoms. The van der Waals surface area contributed by atoms with E-state index in [0.717, 1.165) is 11.3 Å². The summed E-state index contributed by atoms with van der Waals surface area (Å²) >= 11 is 0. The number of nitrogens with zero attached hydrogens (tertiary/aromatic N) is 2. The van der Waals surface area contributed by atoms with Crippen LogP contribution in [-0.2, 0) is 14.4 Å². The number of nitrogens with one attached hydrogen (secondary N) is 1. The van der Waals surface area contributed by atoms with Gasteiger partial charge in [-0.1, -0.05) is 25.1 Å². The van der Waals surface area contributed by atoms with Crippen molar-refractivity contribution in [1.82, 2.24) is 5.32 Å². The van der Waals surface area contributed by atoms with E-state index in [0.29, 0.717) is 19.4 Å². The fraction of sp³-hybridized carbons (Fsp3) is 0.400. The van der Waals surface area contributed by atoms with Crippen molar-refractivity contribution < 1.29 is 19.5 Å². The molecule has 0 radical (unpaired) electrons. The van der Waals surface area contributed by atoms with Gasteiger partial charge in [0.25, 0.3) is 0 Å². The van der Waals surface area contributed by atoms with E-state index in [1.54, 1.807) is 11.8 Å². The highest BCUT2D eigenvalue weighted by Crippen LogP contribution is 2.27. The number of nitrogens with two attached hydrogens (primary N) is 1. The van der Waals surface area contributed by atoms with Crippen molar-refractivity contribution in [3.8, 4) is 0 Å². The standard InChI is InChI=1S/C20H26N4O4/c1-3-16(20(27)28)17(4-2)23-18(25)11-14-9-10-24(19(14)26)15-7-5-13(6-8-15)12-22-21/h4-8,12,14,16-17H,2-3,9-11,21H2,1H3,(H,23,25)(H,27,28)/t14?,16?,17-/m0/s1. The molecule has 8 heteroatoms. The first-order valence-corrected chi connectivity index (χ1v) is 9.20. The van der Waals surface area contributed by atoms with Gasteiger partial charge in [-0.2, -0.15) is 5.10 Å². The molecule has 8 nitrogen and oxygen atoms in total. The molecular weight excluding hydrogens is 360 g/mol. The maximum Gasteiger partial charge on any atom is 0.308 e. The van der Waals surface area contributed by atoms with Gasteiger partial charge in [-0.25, -0.2) is 0 Å². The zero-order chi connectivity index (χ0) is 20.7. The van der Waals surface area contributed by atoms with E-state index in [1.165, 1.54) is 12.3 Å². The molecule has 28 heavy (non-hydrogen) atoms. The lowest BCUT2D eigenvalue weighted by molar-refractivity contribution is -0.142. The lowest BCUT2D eigenvalue weighted by Crippen LogP contribution is -2.42. The molecule has 2 rings (SSSR count). The van der Waals surface area contributed by atoms with Crippen molar-refractivity contribution in [3.63, 3.8) is 0 Å². The highest BCUT2D eigenvalue weighted by Gasteiger charge is 2.35. The first-order valence-electron chi connectivity index (χ1n) is 9.20. The molecule has 4 N–H and O–H groups in total. The Hall–Kier alpha value is -3.16. The van der Waals surface area contributed by atoms with Gasteiger partial charge >= 0.3 is 5.97 Å². The summed E-state index contributed by atoms with van der Waals surface area (Å²) in [6, 6.07) is 6.57. The van der Waals surface area contributed by atoms with Crippen molar-refractivity contribution >= 4 is 29.7 Å². The zero-order valence-electron chi connectivity index (χ0n) is 15.9. The molecular formula is C20H26N4O4. The normalized spacial score (nSPS) is 18.8. The molecule has 1 heterocycles. The van der Waals surface area contributed by atoms with Gasteiger partial charge in [0.15, 0.2) is 0 Å².